The molecule has 0 spiro atoms. The van der Waals surface area contributed by atoms with Crippen LogP contribution in [-0.4, -0.2) is 45.9 Å². The lowest BCUT2D eigenvalue weighted by Crippen LogP contribution is -2.55. The van der Waals surface area contributed by atoms with Gasteiger partial charge in [-0.1, -0.05) is 6.07 Å². The summed E-state index contributed by atoms with van der Waals surface area (Å²) in [4.78, 5) is 10.7. The normalized spacial score (nSPS) is 30.5. The third-order valence-corrected chi connectivity index (χ3v) is 6.25. The Balaban J connectivity index is 1.70. The average molecular weight is 339 g/mol. The van der Waals surface area contributed by atoms with Crippen LogP contribution in [0.25, 0.3) is 0 Å². The molecular weight excluding hydrogens is 317 g/mol. The molecule has 2 aliphatic rings. The number of hydrogen-bond acceptors (Lipinski definition) is 3. The molecular formula is C16H22FN3O2S. The summed E-state index contributed by atoms with van der Waals surface area (Å²) in [5.41, 5.74) is 1.03. The molecule has 4 atom stereocenters. The van der Waals surface area contributed by atoms with Crippen molar-refractivity contribution in [1.82, 2.24) is 9.62 Å². The highest BCUT2D eigenvalue weighted by Gasteiger charge is 2.33. The van der Waals surface area contributed by atoms with Crippen molar-refractivity contribution in [2.75, 3.05) is 24.2 Å². The summed E-state index contributed by atoms with van der Waals surface area (Å²) in [6.07, 6.45) is 3.83. The van der Waals surface area contributed by atoms with Gasteiger partial charge in [0.05, 0.1) is 11.0 Å². The molecule has 3 unspecified atom stereocenters. The van der Waals surface area contributed by atoms with E-state index in [-0.39, 0.29) is 11.9 Å². The Morgan fingerprint density at radius 2 is 2.35 bits per heavy atom. The number of benzene rings is 1. The minimum Gasteiger partial charge on any atom is -0.328 e. The number of carbonyl (C=O) groups excluding carboxylic acids is 1. The molecule has 0 saturated carbocycles. The molecule has 2 bridgehead atoms. The zero-order valence-electron chi connectivity index (χ0n) is 13.0. The third-order valence-electron chi connectivity index (χ3n) is 4.64. The standard InChI is InChI=1S/C16H22FN3O2S/c17-15-4-1-5-16(19-11-21)14(15)7-6-13-9-18-12-3-2-8-23(22)20(13)10-12/h1,4-5,11-13,18H,2-3,6-10H2,(H,19,21)/t12-,13?,23?/m1/s1. The van der Waals surface area contributed by atoms with Gasteiger partial charge in [0.15, 0.2) is 0 Å². The summed E-state index contributed by atoms with van der Waals surface area (Å²) in [6.45, 7) is 1.58. The average Bonchev–Trinajstić information content (AvgIpc) is 2.69. The zero-order chi connectivity index (χ0) is 16.2. The van der Waals surface area contributed by atoms with Crippen molar-refractivity contribution in [1.29, 1.82) is 0 Å². The minimum atomic E-state index is -0.939. The highest BCUT2D eigenvalue weighted by molar-refractivity contribution is 7.82. The number of anilines is 1. The number of amides is 1. The van der Waals surface area contributed by atoms with E-state index in [2.05, 4.69) is 14.9 Å². The van der Waals surface area contributed by atoms with E-state index in [0.717, 1.165) is 25.9 Å². The second kappa shape index (κ2) is 7.51. The van der Waals surface area contributed by atoms with Crippen molar-refractivity contribution in [3.8, 4) is 0 Å². The first-order valence-corrected chi connectivity index (χ1v) is 9.32. The Kier molecular flexibility index (Phi) is 5.40. The van der Waals surface area contributed by atoms with Crippen molar-refractivity contribution in [3.05, 3.63) is 29.6 Å². The fraction of sp³-hybridized carbons (Fsp3) is 0.562. The van der Waals surface area contributed by atoms with Gasteiger partial charge in [-0.2, -0.15) is 0 Å². The van der Waals surface area contributed by atoms with Gasteiger partial charge in [0.2, 0.25) is 6.41 Å². The van der Waals surface area contributed by atoms with Crippen LogP contribution in [0.5, 0.6) is 0 Å². The van der Waals surface area contributed by atoms with E-state index in [9.17, 15) is 13.4 Å². The van der Waals surface area contributed by atoms with Gasteiger partial charge < -0.3 is 10.6 Å². The first-order valence-electron chi connectivity index (χ1n) is 8.05. The first-order chi connectivity index (χ1) is 11.2. The summed E-state index contributed by atoms with van der Waals surface area (Å²) in [6, 6.07) is 5.24. The molecule has 0 radical (unpaired) electrons. The molecule has 7 heteroatoms. The van der Waals surface area contributed by atoms with Crippen LogP contribution in [-0.2, 0) is 22.2 Å². The summed E-state index contributed by atoms with van der Waals surface area (Å²) in [7, 11) is -0.939. The molecule has 23 heavy (non-hydrogen) atoms. The highest BCUT2D eigenvalue weighted by Crippen LogP contribution is 2.25. The smallest absolute Gasteiger partial charge is 0.211 e. The van der Waals surface area contributed by atoms with Crippen LogP contribution in [0.1, 0.15) is 24.8 Å². The monoisotopic (exact) mass is 339 g/mol. The largest absolute Gasteiger partial charge is 0.328 e. The molecule has 126 valence electrons. The minimum absolute atomic E-state index is 0.133. The Bertz CT molecular complexity index is 599. The highest BCUT2D eigenvalue weighted by atomic mass is 32.2. The SMILES string of the molecule is O=CNc1cccc(F)c1CCC1CN[C@@H]2CCCS(=O)N1C2. The molecule has 2 heterocycles. The van der Waals surface area contributed by atoms with Crippen molar-refractivity contribution < 1.29 is 13.4 Å². The Labute approximate surface area is 138 Å². The van der Waals surface area contributed by atoms with Crippen molar-refractivity contribution in [2.45, 2.75) is 37.8 Å². The first kappa shape index (κ1) is 16.5. The number of halogens is 1. The zero-order valence-corrected chi connectivity index (χ0v) is 13.8. The van der Waals surface area contributed by atoms with Gasteiger partial charge in [-0.05, 0) is 37.8 Å². The Morgan fingerprint density at radius 1 is 1.48 bits per heavy atom. The van der Waals surface area contributed by atoms with E-state index in [1.54, 1.807) is 12.1 Å². The predicted molar refractivity (Wildman–Crippen MR) is 88.9 cm³/mol. The van der Waals surface area contributed by atoms with Gasteiger partial charge in [-0.25, -0.2) is 12.9 Å². The fourth-order valence-electron chi connectivity index (χ4n) is 3.42. The lowest BCUT2D eigenvalue weighted by atomic mass is 10.00. The fourth-order valence-corrected chi connectivity index (χ4v) is 4.92. The molecule has 5 nitrogen and oxygen atoms in total. The molecule has 2 aliphatic heterocycles. The number of rotatable bonds is 5. The number of piperazine rings is 1. The van der Waals surface area contributed by atoms with Crippen LogP contribution in [0, 0.1) is 5.82 Å². The van der Waals surface area contributed by atoms with Gasteiger partial charge in [0, 0.05) is 42.2 Å². The van der Waals surface area contributed by atoms with Crippen LogP contribution in [0.4, 0.5) is 10.1 Å². The van der Waals surface area contributed by atoms with Crippen molar-refractivity contribution in [2.24, 2.45) is 0 Å². The van der Waals surface area contributed by atoms with E-state index in [4.69, 9.17) is 0 Å². The van der Waals surface area contributed by atoms with Gasteiger partial charge in [-0.3, -0.25) is 4.79 Å². The van der Waals surface area contributed by atoms with Crippen LogP contribution in [0.3, 0.4) is 0 Å². The Morgan fingerprint density at radius 3 is 3.17 bits per heavy atom. The lowest BCUT2D eigenvalue weighted by molar-refractivity contribution is -0.105. The van der Waals surface area contributed by atoms with Gasteiger partial charge in [0.25, 0.3) is 0 Å². The van der Waals surface area contributed by atoms with Crippen molar-refractivity contribution >= 4 is 23.1 Å². The maximum atomic E-state index is 14.1. The lowest BCUT2D eigenvalue weighted by Gasteiger charge is -2.37. The number of nitrogens with one attached hydrogen (secondary N) is 2. The molecule has 1 aromatic rings. The molecule has 1 aromatic carbocycles. The van der Waals surface area contributed by atoms with Gasteiger partial charge in [-0.15, -0.1) is 0 Å². The van der Waals surface area contributed by atoms with E-state index in [1.165, 1.54) is 6.07 Å². The second-order valence-corrected chi connectivity index (χ2v) is 7.61. The second-order valence-electron chi connectivity index (χ2n) is 6.09. The summed E-state index contributed by atoms with van der Waals surface area (Å²) >= 11 is 0. The molecule has 1 amide bonds. The van der Waals surface area contributed by atoms with E-state index in [1.807, 2.05) is 0 Å². The molecule has 0 aromatic heterocycles. The Hall–Kier alpha value is -1.31. The maximum absolute atomic E-state index is 14.1. The van der Waals surface area contributed by atoms with Crippen LogP contribution in [0.2, 0.25) is 0 Å². The van der Waals surface area contributed by atoms with E-state index >= 15 is 0 Å². The summed E-state index contributed by atoms with van der Waals surface area (Å²) < 4.78 is 28.5. The van der Waals surface area contributed by atoms with E-state index < -0.39 is 11.0 Å². The maximum Gasteiger partial charge on any atom is 0.211 e. The van der Waals surface area contributed by atoms with Crippen molar-refractivity contribution in [3.63, 3.8) is 0 Å². The summed E-state index contributed by atoms with van der Waals surface area (Å²) in [5, 5.41) is 6.07. The topological polar surface area (TPSA) is 61.4 Å². The van der Waals surface area contributed by atoms with Gasteiger partial charge >= 0.3 is 0 Å². The number of fused-ring (bicyclic) bond motifs is 2. The van der Waals surface area contributed by atoms with Crippen LogP contribution in [0.15, 0.2) is 18.2 Å². The van der Waals surface area contributed by atoms with E-state index in [0.29, 0.717) is 42.3 Å². The number of hydrogen-bond donors (Lipinski definition) is 2. The molecule has 3 rings (SSSR count). The third kappa shape index (κ3) is 3.79. The van der Waals surface area contributed by atoms with Gasteiger partial charge in [0.1, 0.15) is 5.82 Å². The number of nitrogens with zero attached hydrogens (tertiary/aromatic N) is 1. The van der Waals surface area contributed by atoms with Crippen LogP contribution >= 0.6 is 0 Å². The molecule has 2 N–H and O–H groups in total. The molecule has 0 aliphatic carbocycles. The van der Waals surface area contributed by atoms with Crippen LogP contribution < -0.4 is 10.6 Å². The summed E-state index contributed by atoms with van der Waals surface area (Å²) in [5.74, 6) is 0.405. The molecule has 2 fully saturated rings. The molecule has 2 saturated heterocycles. The predicted octanol–water partition coefficient (Wildman–Crippen LogP) is 1.43. The quantitative estimate of drug-likeness (QED) is 0.798. The number of carbonyl (C=O) groups is 1.